The van der Waals surface area contributed by atoms with Crippen LogP contribution in [0, 0.1) is 5.92 Å². The number of hydrogen-bond donors (Lipinski definition) is 1. The molecular weight excluding hydrogens is 290 g/mol. The minimum atomic E-state index is -2.43. The number of carbonyl (C=O) groups excluding carboxylic acids is 1. The van der Waals surface area contributed by atoms with E-state index in [-0.39, 0.29) is 11.8 Å². The number of carbonyl (C=O) groups is 1. The molecule has 0 aliphatic heterocycles. The molecule has 0 atom stereocenters. The van der Waals surface area contributed by atoms with Gasteiger partial charge in [0.1, 0.15) is 0 Å². The zero-order valence-electron chi connectivity index (χ0n) is 9.73. The summed E-state index contributed by atoms with van der Waals surface area (Å²) < 4.78 is 25.4. The molecule has 1 aromatic heterocycles. The largest absolute Gasteiger partial charge is 0.302 e. The van der Waals surface area contributed by atoms with Crippen LogP contribution in [0.15, 0.2) is 23.1 Å². The Kier molecular flexibility index (Phi) is 3.40. The lowest BCUT2D eigenvalue weighted by Gasteiger charge is -1.98. The van der Waals surface area contributed by atoms with Crippen molar-refractivity contribution in [1.82, 2.24) is 4.98 Å². The summed E-state index contributed by atoms with van der Waals surface area (Å²) in [7, 11) is 0. The molecule has 0 radical (unpaired) electrons. The quantitative estimate of drug-likeness (QED) is 0.869. The SMILES string of the molecule is O=C(Nc1nc2ccc(SC(F)F)cc2s1)C1CC1. The van der Waals surface area contributed by atoms with Gasteiger partial charge in [0.05, 0.1) is 10.2 Å². The lowest BCUT2D eigenvalue weighted by atomic mass is 10.3. The zero-order chi connectivity index (χ0) is 13.4. The smallest absolute Gasteiger partial charge is 0.288 e. The highest BCUT2D eigenvalue weighted by Crippen LogP contribution is 2.34. The van der Waals surface area contributed by atoms with Crippen LogP contribution in [0.2, 0.25) is 0 Å². The Labute approximate surface area is 116 Å². The Morgan fingerprint density at radius 3 is 2.95 bits per heavy atom. The fraction of sp³-hybridized carbons (Fsp3) is 0.333. The summed E-state index contributed by atoms with van der Waals surface area (Å²) in [6.45, 7) is 0. The third-order valence-electron chi connectivity index (χ3n) is 2.76. The summed E-state index contributed by atoms with van der Waals surface area (Å²) in [5, 5.41) is 3.30. The fourth-order valence-electron chi connectivity index (χ4n) is 1.69. The molecular formula is C12H10F2N2OS2. The molecule has 1 amide bonds. The average molecular weight is 300 g/mol. The molecule has 1 N–H and O–H groups in total. The second-order valence-electron chi connectivity index (χ2n) is 4.29. The molecule has 0 spiro atoms. The van der Waals surface area contributed by atoms with Crippen LogP contribution in [0.5, 0.6) is 0 Å². The van der Waals surface area contributed by atoms with E-state index in [0.717, 1.165) is 23.1 Å². The van der Waals surface area contributed by atoms with E-state index >= 15 is 0 Å². The van der Waals surface area contributed by atoms with Gasteiger partial charge >= 0.3 is 0 Å². The van der Waals surface area contributed by atoms with Crippen LogP contribution < -0.4 is 5.32 Å². The van der Waals surface area contributed by atoms with Gasteiger partial charge in [-0.15, -0.1) is 0 Å². The van der Waals surface area contributed by atoms with Gasteiger partial charge in [0.15, 0.2) is 5.13 Å². The molecule has 100 valence electrons. The van der Waals surface area contributed by atoms with Gasteiger partial charge in [-0.2, -0.15) is 8.78 Å². The van der Waals surface area contributed by atoms with Crippen LogP contribution in [0.3, 0.4) is 0 Å². The van der Waals surface area contributed by atoms with E-state index in [1.165, 1.54) is 11.3 Å². The predicted octanol–water partition coefficient (Wildman–Crippen LogP) is 3.96. The van der Waals surface area contributed by atoms with Gasteiger partial charge in [-0.3, -0.25) is 4.79 Å². The number of thioether (sulfide) groups is 1. The van der Waals surface area contributed by atoms with Crippen LogP contribution in [-0.2, 0) is 4.79 Å². The predicted molar refractivity (Wildman–Crippen MR) is 72.8 cm³/mol. The van der Waals surface area contributed by atoms with Crippen molar-refractivity contribution < 1.29 is 13.6 Å². The molecule has 0 saturated heterocycles. The first-order valence-electron chi connectivity index (χ1n) is 5.78. The first-order chi connectivity index (χ1) is 9.11. The third kappa shape index (κ3) is 3.03. The maximum Gasteiger partial charge on any atom is 0.288 e. The van der Waals surface area contributed by atoms with Crippen LogP contribution >= 0.6 is 23.1 Å². The van der Waals surface area contributed by atoms with Crippen molar-refractivity contribution in [2.45, 2.75) is 23.5 Å². The van der Waals surface area contributed by atoms with Gasteiger partial charge in [0.25, 0.3) is 5.76 Å². The van der Waals surface area contributed by atoms with Gasteiger partial charge in [0, 0.05) is 10.8 Å². The van der Waals surface area contributed by atoms with E-state index in [9.17, 15) is 13.6 Å². The molecule has 1 fully saturated rings. The van der Waals surface area contributed by atoms with Crippen molar-refractivity contribution in [1.29, 1.82) is 0 Å². The zero-order valence-corrected chi connectivity index (χ0v) is 11.4. The Bertz CT molecular complexity index is 625. The van der Waals surface area contributed by atoms with E-state index in [0.29, 0.717) is 21.8 Å². The number of rotatable bonds is 4. The Morgan fingerprint density at radius 1 is 1.47 bits per heavy atom. The highest BCUT2D eigenvalue weighted by molar-refractivity contribution is 7.99. The van der Waals surface area contributed by atoms with E-state index in [4.69, 9.17) is 0 Å². The summed E-state index contributed by atoms with van der Waals surface area (Å²) in [5.74, 6) is -2.31. The Morgan fingerprint density at radius 2 is 2.26 bits per heavy atom. The third-order valence-corrected chi connectivity index (χ3v) is 4.40. The van der Waals surface area contributed by atoms with Gasteiger partial charge in [-0.1, -0.05) is 23.1 Å². The summed E-state index contributed by atoms with van der Waals surface area (Å²) >= 11 is 1.82. The van der Waals surface area contributed by atoms with Crippen molar-refractivity contribution >= 4 is 44.4 Å². The second kappa shape index (κ2) is 5.05. The van der Waals surface area contributed by atoms with Crippen molar-refractivity contribution in [3.63, 3.8) is 0 Å². The first kappa shape index (κ1) is 12.8. The molecule has 3 rings (SSSR count). The molecule has 19 heavy (non-hydrogen) atoms. The molecule has 1 aliphatic rings. The second-order valence-corrected chi connectivity index (χ2v) is 6.38. The lowest BCUT2D eigenvalue weighted by molar-refractivity contribution is -0.117. The normalized spacial score (nSPS) is 15.1. The molecule has 1 saturated carbocycles. The molecule has 0 bridgehead atoms. The maximum absolute atomic E-state index is 12.3. The fourth-order valence-corrected chi connectivity index (χ4v) is 3.21. The van der Waals surface area contributed by atoms with Gasteiger partial charge in [-0.25, -0.2) is 4.98 Å². The number of halogens is 2. The molecule has 3 nitrogen and oxygen atoms in total. The topological polar surface area (TPSA) is 42.0 Å². The first-order valence-corrected chi connectivity index (χ1v) is 7.48. The van der Waals surface area contributed by atoms with Crippen LogP contribution in [0.4, 0.5) is 13.9 Å². The van der Waals surface area contributed by atoms with Crippen molar-refractivity contribution in [2.75, 3.05) is 5.32 Å². The summed E-state index contributed by atoms with van der Waals surface area (Å²) in [6, 6.07) is 4.99. The van der Waals surface area contributed by atoms with Crippen LogP contribution in [0.1, 0.15) is 12.8 Å². The molecule has 1 aliphatic carbocycles. The minimum Gasteiger partial charge on any atom is -0.302 e. The standard InChI is InChI=1S/C12H10F2N2OS2/c13-11(14)18-7-3-4-8-9(5-7)19-12(15-8)16-10(17)6-1-2-6/h3-6,11H,1-2H2,(H,15,16,17). The van der Waals surface area contributed by atoms with Gasteiger partial charge in [0.2, 0.25) is 5.91 Å². The molecule has 0 unspecified atom stereocenters. The highest BCUT2D eigenvalue weighted by atomic mass is 32.2. The number of aromatic nitrogens is 1. The molecule has 1 heterocycles. The number of fused-ring (bicyclic) bond motifs is 1. The number of benzene rings is 1. The van der Waals surface area contributed by atoms with Crippen molar-refractivity contribution in [3.8, 4) is 0 Å². The highest BCUT2D eigenvalue weighted by Gasteiger charge is 2.30. The van der Waals surface area contributed by atoms with Crippen LogP contribution in [-0.4, -0.2) is 16.6 Å². The number of nitrogens with one attached hydrogen (secondary N) is 1. The number of thiazole rings is 1. The van der Waals surface area contributed by atoms with Gasteiger partial charge < -0.3 is 5.32 Å². The number of alkyl halides is 2. The number of amides is 1. The Hall–Kier alpha value is -1.21. The minimum absolute atomic E-state index is 0.00114. The van der Waals surface area contributed by atoms with Crippen LogP contribution in [0.25, 0.3) is 10.2 Å². The summed E-state index contributed by atoms with van der Waals surface area (Å²) in [5.41, 5.74) is 0.717. The van der Waals surface area contributed by atoms with Crippen molar-refractivity contribution in [2.24, 2.45) is 5.92 Å². The average Bonchev–Trinajstić information content (AvgIpc) is 3.10. The maximum atomic E-state index is 12.3. The summed E-state index contributed by atoms with van der Waals surface area (Å²) in [4.78, 5) is 16.4. The van der Waals surface area contributed by atoms with E-state index < -0.39 is 5.76 Å². The monoisotopic (exact) mass is 300 g/mol. The van der Waals surface area contributed by atoms with E-state index in [1.54, 1.807) is 18.2 Å². The van der Waals surface area contributed by atoms with E-state index in [2.05, 4.69) is 10.3 Å². The van der Waals surface area contributed by atoms with Gasteiger partial charge in [-0.05, 0) is 31.0 Å². The number of nitrogens with zero attached hydrogens (tertiary/aromatic N) is 1. The van der Waals surface area contributed by atoms with E-state index in [1.807, 2.05) is 0 Å². The van der Waals surface area contributed by atoms with Crippen molar-refractivity contribution in [3.05, 3.63) is 18.2 Å². The molecule has 1 aromatic carbocycles. The lowest BCUT2D eigenvalue weighted by Crippen LogP contribution is -2.12. The molecule has 7 heteroatoms. The number of hydrogen-bond acceptors (Lipinski definition) is 4. The molecule has 2 aromatic rings. The number of anilines is 1. The summed E-state index contributed by atoms with van der Waals surface area (Å²) in [6.07, 6.45) is 1.87. The Balaban J connectivity index is 1.81.